The topological polar surface area (TPSA) is 66.7 Å². The summed E-state index contributed by atoms with van der Waals surface area (Å²) in [4.78, 5) is 6.66. The van der Waals surface area contributed by atoms with Gasteiger partial charge in [0.15, 0.2) is 5.96 Å². The largest absolute Gasteiger partial charge is 0.495 e. The summed E-state index contributed by atoms with van der Waals surface area (Å²) < 4.78 is 7.38. The summed E-state index contributed by atoms with van der Waals surface area (Å²) in [7, 11) is 3.47. The van der Waals surface area contributed by atoms with Crippen molar-refractivity contribution in [3.05, 3.63) is 71.5 Å². The van der Waals surface area contributed by atoms with Crippen molar-refractivity contribution in [2.45, 2.75) is 19.0 Å². The number of methoxy groups -OCH3 is 1. The molecule has 2 aromatic carbocycles. The van der Waals surface area contributed by atoms with Gasteiger partial charge >= 0.3 is 0 Å². The van der Waals surface area contributed by atoms with Crippen molar-refractivity contribution in [1.29, 1.82) is 0 Å². The number of hydrogen-bond donors (Lipinski definition) is 2. The minimum absolute atomic E-state index is 0.275. The molecule has 2 heterocycles. The first-order chi connectivity index (χ1) is 15.2. The van der Waals surface area contributed by atoms with Crippen LogP contribution in [0.25, 0.3) is 5.69 Å². The van der Waals surface area contributed by atoms with E-state index in [1.54, 1.807) is 14.2 Å². The molecule has 0 amide bonds. The monoisotopic (exact) mass is 438 g/mol. The Morgan fingerprint density at radius 2 is 2.06 bits per heavy atom. The van der Waals surface area contributed by atoms with Gasteiger partial charge in [-0.3, -0.25) is 4.99 Å². The van der Waals surface area contributed by atoms with Gasteiger partial charge in [0.1, 0.15) is 5.75 Å². The van der Waals surface area contributed by atoms with Gasteiger partial charge in [0.25, 0.3) is 0 Å². The highest BCUT2D eigenvalue weighted by molar-refractivity contribution is 6.30. The van der Waals surface area contributed by atoms with Gasteiger partial charge in [-0.05, 0) is 42.8 Å². The second kappa shape index (κ2) is 9.75. The number of rotatable bonds is 6. The number of anilines is 1. The summed E-state index contributed by atoms with van der Waals surface area (Å²) in [6.45, 7) is 2.37. The predicted octanol–water partition coefficient (Wildman–Crippen LogP) is 3.48. The number of nitrogens with zero attached hydrogens (tertiary/aromatic N) is 4. The van der Waals surface area contributed by atoms with Gasteiger partial charge in [-0.15, -0.1) is 0 Å². The number of hydrogen-bond acceptors (Lipinski definition) is 4. The van der Waals surface area contributed by atoms with Crippen LogP contribution in [0.3, 0.4) is 0 Å². The molecule has 8 heteroatoms. The van der Waals surface area contributed by atoms with Crippen LogP contribution >= 0.6 is 11.6 Å². The van der Waals surface area contributed by atoms with E-state index in [0.717, 1.165) is 48.3 Å². The lowest BCUT2D eigenvalue weighted by atomic mass is 10.2. The number of para-hydroxylation sites is 1. The third kappa shape index (κ3) is 5.11. The molecule has 0 saturated carbocycles. The van der Waals surface area contributed by atoms with E-state index >= 15 is 0 Å². The zero-order valence-electron chi connectivity index (χ0n) is 17.8. The van der Waals surface area contributed by atoms with Crippen LogP contribution in [0.4, 0.5) is 5.69 Å². The number of aliphatic imine (C=N–C) groups is 1. The molecule has 1 aliphatic rings. The number of benzene rings is 2. The van der Waals surface area contributed by atoms with Crippen molar-refractivity contribution in [2.75, 3.05) is 32.1 Å². The lowest BCUT2D eigenvalue weighted by Gasteiger charge is -2.22. The molecule has 0 aliphatic carbocycles. The molecular formula is C23H27ClN6O. The van der Waals surface area contributed by atoms with E-state index in [4.69, 9.17) is 16.3 Å². The van der Waals surface area contributed by atoms with E-state index in [2.05, 4.69) is 25.6 Å². The number of ether oxygens (including phenoxy) is 1. The molecule has 1 fully saturated rings. The first kappa shape index (κ1) is 21.1. The highest BCUT2D eigenvalue weighted by Gasteiger charge is 2.25. The minimum atomic E-state index is 0.275. The van der Waals surface area contributed by atoms with Crippen molar-refractivity contribution in [2.24, 2.45) is 4.99 Å². The zero-order valence-corrected chi connectivity index (χ0v) is 18.5. The maximum Gasteiger partial charge on any atom is 0.191 e. The number of nitrogens with one attached hydrogen (secondary N) is 2. The van der Waals surface area contributed by atoms with Crippen molar-refractivity contribution >= 4 is 23.2 Å². The molecule has 31 heavy (non-hydrogen) atoms. The number of halogens is 1. The van der Waals surface area contributed by atoms with Crippen molar-refractivity contribution < 1.29 is 4.74 Å². The van der Waals surface area contributed by atoms with E-state index in [9.17, 15) is 0 Å². The fraction of sp³-hybridized carbons (Fsp3) is 0.304. The third-order valence-electron chi connectivity index (χ3n) is 5.34. The van der Waals surface area contributed by atoms with Crippen molar-refractivity contribution in [1.82, 2.24) is 20.4 Å². The SMILES string of the molecule is CN=C(NCc1ccn(-c2ccccc2)n1)NC1CCN(c2cc(Cl)ccc2OC)C1. The van der Waals surface area contributed by atoms with Crippen LogP contribution < -0.4 is 20.3 Å². The van der Waals surface area contributed by atoms with Crippen molar-refractivity contribution in [3.63, 3.8) is 0 Å². The predicted molar refractivity (Wildman–Crippen MR) is 126 cm³/mol. The van der Waals surface area contributed by atoms with Crippen molar-refractivity contribution in [3.8, 4) is 11.4 Å². The second-order valence-corrected chi connectivity index (χ2v) is 7.84. The Morgan fingerprint density at radius 3 is 2.84 bits per heavy atom. The fourth-order valence-corrected chi connectivity index (χ4v) is 3.92. The summed E-state index contributed by atoms with van der Waals surface area (Å²) in [6.07, 6.45) is 2.97. The Kier molecular flexibility index (Phi) is 6.62. The molecular weight excluding hydrogens is 412 g/mol. The maximum atomic E-state index is 6.20. The number of aromatic nitrogens is 2. The van der Waals surface area contributed by atoms with E-state index < -0.39 is 0 Å². The van der Waals surface area contributed by atoms with E-state index in [0.29, 0.717) is 11.6 Å². The van der Waals surface area contributed by atoms with Gasteiger partial charge in [-0.2, -0.15) is 5.10 Å². The lowest BCUT2D eigenvalue weighted by molar-refractivity contribution is 0.415. The first-order valence-corrected chi connectivity index (χ1v) is 10.7. The molecule has 1 aromatic heterocycles. The Hall–Kier alpha value is -3.19. The van der Waals surface area contributed by atoms with Crippen LogP contribution in [-0.4, -0.2) is 49.0 Å². The van der Waals surface area contributed by atoms with Gasteiger partial charge in [-0.25, -0.2) is 4.68 Å². The molecule has 0 bridgehead atoms. The summed E-state index contributed by atoms with van der Waals surface area (Å²) in [5, 5.41) is 12.2. The average molecular weight is 439 g/mol. The molecule has 4 rings (SSSR count). The van der Waals surface area contributed by atoms with Gasteiger partial charge in [0.2, 0.25) is 0 Å². The molecule has 1 aliphatic heterocycles. The maximum absolute atomic E-state index is 6.20. The normalized spacial score (nSPS) is 16.4. The van der Waals surface area contributed by atoms with Crippen LogP contribution in [0.15, 0.2) is 65.8 Å². The van der Waals surface area contributed by atoms with Crippen LogP contribution in [0, 0.1) is 0 Å². The van der Waals surface area contributed by atoms with E-state index in [1.165, 1.54) is 0 Å². The first-order valence-electron chi connectivity index (χ1n) is 10.3. The Bertz CT molecular complexity index is 1040. The molecule has 0 radical (unpaired) electrons. The summed E-state index contributed by atoms with van der Waals surface area (Å²) in [5.41, 5.74) is 3.01. The quantitative estimate of drug-likeness (QED) is 0.455. The molecule has 162 valence electrons. The standard InChI is InChI=1S/C23H27ClN6O/c1-25-23(26-15-18-11-13-30(28-18)20-6-4-3-5-7-20)27-19-10-12-29(16-19)21-14-17(24)8-9-22(21)31-2/h3-9,11,13-14,19H,10,12,15-16H2,1-2H3,(H2,25,26,27). The summed E-state index contributed by atoms with van der Waals surface area (Å²) in [6, 6.07) is 18.1. The lowest BCUT2D eigenvalue weighted by Crippen LogP contribution is -2.44. The third-order valence-corrected chi connectivity index (χ3v) is 5.57. The van der Waals surface area contributed by atoms with Crippen LogP contribution in [0.5, 0.6) is 5.75 Å². The molecule has 2 N–H and O–H groups in total. The summed E-state index contributed by atoms with van der Waals surface area (Å²) >= 11 is 6.20. The molecule has 1 saturated heterocycles. The van der Waals surface area contributed by atoms with Crippen LogP contribution in [0.1, 0.15) is 12.1 Å². The Labute approximate surface area is 187 Å². The van der Waals surface area contributed by atoms with Crippen LogP contribution in [0.2, 0.25) is 5.02 Å². The molecule has 0 spiro atoms. The van der Waals surface area contributed by atoms with Gasteiger partial charge in [-0.1, -0.05) is 29.8 Å². The van der Waals surface area contributed by atoms with Gasteiger partial charge < -0.3 is 20.3 Å². The summed E-state index contributed by atoms with van der Waals surface area (Å²) in [5.74, 6) is 1.60. The molecule has 1 unspecified atom stereocenters. The molecule has 7 nitrogen and oxygen atoms in total. The number of guanidine groups is 1. The van der Waals surface area contributed by atoms with Crippen LogP contribution in [-0.2, 0) is 6.54 Å². The average Bonchev–Trinajstić information content (AvgIpc) is 3.47. The fourth-order valence-electron chi connectivity index (χ4n) is 3.75. The van der Waals surface area contributed by atoms with Gasteiger partial charge in [0.05, 0.1) is 30.7 Å². The van der Waals surface area contributed by atoms with E-state index in [-0.39, 0.29) is 6.04 Å². The highest BCUT2D eigenvalue weighted by atomic mass is 35.5. The van der Waals surface area contributed by atoms with E-state index in [1.807, 2.05) is 65.5 Å². The zero-order chi connectivity index (χ0) is 21.6. The molecule has 1 atom stereocenters. The second-order valence-electron chi connectivity index (χ2n) is 7.41. The highest BCUT2D eigenvalue weighted by Crippen LogP contribution is 2.33. The Morgan fingerprint density at radius 1 is 1.23 bits per heavy atom. The minimum Gasteiger partial charge on any atom is -0.495 e. The van der Waals surface area contributed by atoms with Gasteiger partial charge in [0, 0.05) is 37.4 Å². The Balaban J connectivity index is 1.32. The smallest absolute Gasteiger partial charge is 0.191 e. The molecule has 3 aromatic rings.